The maximum absolute atomic E-state index is 10.3. The van der Waals surface area contributed by atoms with Crippen LogP contribution in [-0.4, -0.2) is 54.9 Å². The van der Waals surface area contributed by atoms with E-state index in [1.807, 2.05) is 44.2 Å². The van der Waals surface area contributed by atoms with Crippen molar-refractivity contribution in [2.45, 2.75) is 52.0 Å². The standard InChI is InChI=1S/C26H38N4O2/c1-3-27-26(29-18-25(31)20-32-21(2)24-9-5-4-6-10-24)28-17-22-11-13-23(14-12-22)19-30-15-7-8-16-30/h4-6,9-14,21,25,31H,3,7-8,15-20H2,1-2H3,(H2,27,28,29). The van der Waals surface area contributed by atoms with Crippen LogP contribution >= 0.6 is 0 Å². The first kappa shape index (κ1) is 24.2. The molecule has 3 N–H and O–H groups in total. The van der Waals surface area contributed by atoms with Gasteiger partial charge in [0, 0.05) is 19.6 Å². The van der Waals surface area contributed by atoms with Gasteiger partial charge in [0.2, 0.25) is 0 Å². The van der Waals surface area contributed by atoms with Crippen LogP contribution in [0.2, 0.25) is 0 Å². The van der Waals surface area contributed by atoms with E-state index < -0.39 is 6.10 Å². The minimum absolute atomic E-state index is 0.0544. The van der Waals surface area contributed by atoms with Gasteiger partial charge in [-0.05, 0) is 56.5 Å². The molecule has 0 spiro atoms. The van der Waals surface area contributed by atoms with Gasteiger partial charge >= 0.3 is 0 Å². The fraction of sp³-hybridized carbons (Fsp3) is 0.500. The quantitative estimate of drug-likeness (QED) is 0.370. The van der Waals surface area contributed by atoms with Crippen LogP contribution < -0.4 is 10.6 Å². The fourth-order valence-electron chi connectivity index (χ4n) is 3.81. The van der Waals surface area contributed by atoms with Gasteiger partial charge in [0.25, 0.3) is 0 Å². The van der Waals surface area contributed by atoms with Crippen molar-refractivity contribution in [3.63, 3.8) is 0 Å². The van der Waals surface area contributed by atoms with Crippen molar-refractivity contribution >= 4 is 5.96 Å². The van der Waals surface area contributed by atoms with Crippen LogP contribution in [-0.2, 0) is 17.8 Å². The summed E-state index contributed by atoms with van der Waals surface area (Å²) in [6.07, 6.45) is 1.97. The van der Waals surface area contributed by atoms with E-state index in [2.05, 4.69) is 44.8 Å². The lowest BCUT2D eigenvalue weighted by atomic mass is 10.1. The summed E-state index contributed by atoms with van der Waals surface area (Å²) < 4.78 is 5.82. The number of benzene rings is 2. The van der Waals surface area contributed by atoms with E-state index >= 15 is 0 Å². The number of aliphatic imine (C=N–C) groups is 1. The Balaban J connectivity index is 1.42. The molecule has 0 amide bonds. The molecule has 0 aliphatic carbocycles. The van der Waals surface area contributed by atoms with Crippen LogP contribution in [0.1, 0.15) is 49.5 Å². The first-order valence-electron chi connectivity index (χ1n) is 11.8. The minimum atomic E-state index is -0.616. The number of likely N-dealkylation sites (tertiary alicyclic amines) is 1. The Morgan fingerprint density at radius 2 is 1.72 bits per heavy atom. The smallest absolute Gasteiger partial charge is 0.191 e. The van der Waals surface area contributed by atoms with E-state index in [0.29, 0.717) is 19.0 Å². The van der Waals surface area contributed by atoms with Gasteiger partial charge in [0.05, 0.1) is 25.4 Å². The SMILES string of the molecule is CCNC(=NCc1ccc(CN2CCCC2)cc1)NCC(O)COC(C)c1ccccc1. The first-order chi connectivity index (χ1) is 15.6. The van der Waals surface area contributed by atoms with Crippen LogP contribution in [0.25, 0.3) is 0 Å². The number of guanidine groups is 1. The predicted octanol–water partition coefficient (Wildman–Crippen LogP) is 3.48. The van der Waals surface area contributed by atoms with Crippen LogP contribution in [0, 0.1) is 0 Å². The van der Waals surface area contributed by atoms with Gasteiger partial charge in [-0.3, -0.25) is 4.90 Å². The van der Waals surface area contributed by atoms with Gasteiger partial charge in [-0.2, -0.15) is 0 Å². The van der Waals surface area contributed by atoms with Gasteiger partial charge in [0.1, 0.15) is 0 Å². The summed E-state index contributed by atoms with van der Waals surface area (Å²) in [7, 11) is 0. The minimum Gasteiger partial charge on any atom is -0.389 e. The largest absolute Gasteiger partial charge is 0.389 e. The molecule has 1 heterocycles. The van der Waals surface area contributed by atoms with Crippen molar-refractivity contribution < 1.29 is 9.84 Å². The number of nitrogens with one attached hydrogen (secondary N) is 2. The van der Waals surface area contributed by atoms with Gasteiger partial charge in [0.15, 0.2) is 5.96 Å². The summed E-state index contributed by atoms with van der Waals surface area (Å²) in [4.78, 5) is 7.17. The molecule has 2 aromatic rings. The highest BCUT2D eigenvalue weighted by molar-refractivity contribution is 5.79. The topological polar surface area (TPSA) is 69.1 Å². The summed E-state index contributed by atoms with van der Waals surface area (Å²) in [6.45, 7) is 9.50. The molecule has 1 aliphatic heterocycles. The second-order valence-corrected chi connectivity index (χ2v) is 8.42. The molecule has 0 radical (unpaired) electrons. The van der Waals surface area contributed by atoms with Crippen molar-refractivity contribution in [3.8, 4) is 0 Å². The van der Waals surface area contributed by atoms with Crippen molar-refractivity contribution in [1.82, 2.24) is 15.5 Å². The molecular weight excluding hydrogens is 400 g/mol. The lowest BCUT2D eigenvalue weighted by Gasteiger charge is -2.18. The monoisotopic (exact) mass is 438 g/mol. The molecule has 0 saturated carbocycles. The zero-order chi connectivity index (χ0) is 22.6. The lowest BCUT2D eigenvalue weighted by Crippen LogP contribution is -2.42. The van der Waals surface area contributed by atoms with Gasteiger partial charge in [-0.15, -0.1) is 0 Å². The van der Waals surface area contributed by atoms with E-state index in [0.717, 1.165) is 18.7 Å². The maximum Gasteiger partial charge on any atom is 0.191 e. The number of ether oxygens (including phenoxy) is 1. The zero-order valence-corrected chi connectivity index (χ0v) is 19.5. The van der Waals surface area contributed by atoms with Gasteiger partial charge in [-0.25, -0.2) is 4.99 Å². The van der Waals surface area contributed by atoms with Crippen LogP contribution in [0.15, 0.2) is 59.6 Å². The van der Waals surface area contributed by atoms with Crippen molar-refractivity contribution in [3.05, 3.63) is 71.3 Å². The molecule has 2 atom stereocenters. The second kappa shape index (κ2) is 13.2. The number of aliphatic hydroxyl groups excluding tert-OH is 1. The normalized spacial score (nSPS) is 16.7. The van der Waals surface area contributed by atoms with Crippen LogP contribution in [0.3, 0.4) is 0 Å². The molecule has 1 fully saturated rings. The number of hydrogen-bond donors (Lipinski definition) is 3. The summed E-state index contributed by atoms with van der Waals surface area (Å²) in [5.41, 5.74) is 3.64. The molecule has 1 aliphatic rings. The first-order valence-corrected chi connectivity index (χ1v) is 11.8. The molecule has 1 saturated heterocycles. The Labute approximate surface area is 192 Å². The summed E-state index contributed by atoms with van der Waals surface area (Å²) in [6, 6.07) is 18.8. The third kappa shape index (κ3) is 8.26. The third-order valence-corrected chi connectivity index (χ3v) is 5.70. The second-order valence-electron chi connectivity index (χ2n) is 8.42. The Kier molecular flexibility index (Phi) is 10.0. The van der Waals surface area contributed by atoms with Crippen LogP contribution in [0.4, 0.5) is 0 Å². The van der Waals surface area contributed by atoms with E-state index in [1.165, 1.54) is 37.1 Å². The van der Waals surface area contributed by atoms with Crippen LogP contribution in [0.5, 0.6) is 0 Å². The highest BCUT2D eigenvalue weighted by atomic mass is 16.5. The number of hydrogen-bond acceptors (Lipinski definition) is 4. The molecule has 3 rings (SSSR count). The average molecular weight is 439 g/mol. The summed E-state index contributed by atoms with van der Waals surface area (Å²) in [5, 5.41) is 16.8. The van der Waals surface area contributed by atoms with Crippen molar-refractivity contribution in [1.29, 1.82) is 0 Å². The summed E-state index contributed by atoms with van der Waals surface area (Å²) in [5.74, 6) is 0.698. The van der Waals surface area contributed by atoms with Gasteiger partial charge in [-0.1, -0.05) is 54.6 Å². The van der Waals surface area contributed by atoms with E-state index in [4.69, 9.17) is 4.74 Å². The molecule has 2 unspecified atom stereocenters. The predicted molar refractivity (Wildman–Crippen MR) is 131 cm³/mol. The number of nitrogens with zero attached hydrogens (tertiary/aromatic N) is 2. The highest BCUT2D eigenvalue weighted by Gasteiger charge is 2.12. The lowest BCUT2D eigenvalue weighted by molar-refractivity contribution is -0.000599. The third-order valence-electron chi connectivity index (χ3n) is 5.70. The summed E-state index contributed by atoms with van der Waals surface area (Å²) >= 11 is 0. The molecule has 2 aromatic carbocycles. The Morgan fingerprint density at radius 3 is 2.41 bits per heavy atom. The molecule has 6 heteroatoms. The maximum atomic E-state index is 10.3. The fourth-order valence-corrected chi connectivity index (χ4v) is 3.81. The van der Waals surface area contributed by atoms with E-state index in [9.17, 15) is 5.11 Å². The Morgan fingerprint density at radius 1 is 1.03 bits per heavy atom. The molecular formula is C26H38N4O2. The molecule has 0 aromatic heterocycles. The molecule has 174 valence electrons. The van der Waals surface area contributed by atoms with E-state index in [-0.39, 0.29) is 12.7 Å². The Bertz CT molecular complexity index is 804. The van der Waals surface area contributed by atoms with Crippen molar-refractivity contribution in [2.24, 2.45) is 4.99 Å². The Hall–Kier alpha value is -2.41. The number of rotatable bonds is 11. The zero-order valence-electron chi connectivity index (χ0n) is 19.5. The molecule has 0 bridgehead atoms. The molecule has 32 heavy (non-hydrogen) atoms. The highest BCUT2D eigenvalue weighted by Crippen LogP contribution is 2.16. The van der Waals surface area contributed by atoms with E-state index in [1.54, 1.807) is 0 Å². The van der Waals surface area contributed by atoms with Crippen molar-refractivity contribution in [2.75, 3.05) is 32.8 Å². The average Bonchev–Trinajstić information content (AvgIpc) is 3.34. The number of aliphatic hydroxyl groups is 1. The van der Waals surface area contributed by atoms with Gasteiger partial charge < -0.3 is 20.5 Å². The molecule has 6 nitrogen and oxygen atoms in total.